The topological polar surface area (TPSA) is 113 Å². The minimum absolute atomic E-state index is 0.0114. The fraction of sp³-hybridized carbons (Fsp3) is 0.650. The molecule has 0 aromatic rings. The predicted molar refractivity (Wildman–Crippen MR) is 112 cm³/mol. The lowest BCUT2D eigenvalue weighted by Crippen LogP contribution is -2.39. The molecule has 0 unspecified atom stereocenters. The average molecular weight is 440 g/mol. The lowest BCUT2D eigenvalue weighted by Gasteiger charge is -2.22. The van der Waals surface area contributed by atoms with E-state index in [0.29, 0.717) is 61.9 Å². The fourth-order valence-electron chi connectivity index (χ4n) is 2.59. The van der Waals surface area contributed by atoms with Crippen LogP contribution in [0.1, 0.15) is 51.9 Å². The SMILES string of the molecule is C#CCCCC(=O)NCCN(CCSCCC(=O)ON1C(=O)CCC1=O)C(=O)CC. The van der Waals surface area contributed by atoms with Gasteiger partial charge >= 0.3 is 5.97 Å². The zero-order valence-electron chi connectivity index (χ0n) is 17.3. The Labute approximate surface area is 181 Å². The molecule has 9 nitrogen and oxygen atoms in total. The van der Waals surface area contributed by atoms with Crippen LogP contribution in [0.3, 0.4) is 0 Å². The van der Waals surface area contributed by atoms with Crippen molar-refractivity contribution in [2.45, 2.75) is 51.9 Å². The monoisotopic (exact) mass is 439 g/mol. The summed E-state index contributed by atoms with van der Waals surface area (Å²) >= 11 is 1.46. The Bertz CT molecular complexity index is 660. The number of hydrogen-bond donors (Lipinski definition) is 1. The summed E-state index contributed by atoms with van der Waals surface area (Å²) in [5, 5.41) is 3.32. The molecule has 1 N–H and O–H groups in total. The molecule has 0 aliphatic carbocycles. The Morgan fingerprint density at radius 2 is 1.87 bits per heavy atom. The van der Waals surface area contributed by atoms with Gasteiger partial charge in [0.15, 0.2) is 0 Å². The lowest BCUT2D eigenvalue weighted by atomic mass is 10.2. The Hall–Kier alpha value is -2.54. The highest BCUT2D eigenvalue weighted by molar-refractivity contribution is 7.99. The zero-order chi connectivity index (χ0) is 22.4. The van der Waals surface area contributed by atoms with Gasteiger partial charge in [-0.15, -0.1) is 17.4 Å². The normalized spacial score (nSPS) is 13.1. The van der Waals surface area contributed by atoms with Crippen molar-refractivity contribution in [3.63, 3.8) is 0 Å². The molecular weight excluding hydrogens is 410 g/mol. The number of amides is 4. The van der Waals surface area contributed by atoms with E-state index in [4.69, 9.17) is 11.3 Å². The van der Waals surface area contributed by atoms with E-state index < -0.39 is 17.8 Å². The molecular formula is C20H29N3O6S. The van der Waals surface area contributed by atoms with E-state index in [1.807, 2.05) is 0 Å². The molecule has 0 radical (unpaired) electrons. The number of rotatable bonds is 14. The van der Waals surface area contributed by atoms with Gasteiger partial charge in [-0.3, -0.25) is 19.2 Å². The molecule has 4 amide bonds. The summed E-state index contributed by atoms with van der Waals surface area (Å²) in [6.07, 6.45) is 7.26. The van der Waals surface area contributed by atoms with E-state index in [1.54, 1.807) is 11.8 Å². The highest BCUT2D eigenvalue weighted by Gasteiger charge is 2.32. The molecule has 0 aromatic carbocycles. The van der Waals surface area contributed by atoms with Crippen molar-refractivity contribution in [1.29, 1.82) is 0 Å². The largest absolute Gasteiger partial charge is 0.354 e. The Morgan fingerprint density at radius 1 is 1.17 bits per heavy atom. The quantitative estimate of drug-likeness (QED) is 0.243. The Balaban J connectivity index is 2.22. The molecule has 166 valence electrons. The molecule has 0 atom stereocenters. The van der Waals surface area contributed by atoms with Gasteiger partial charge < -0.3 is 15.1 Å². The maximum atomic E-state index is 12.1. The second-order valence-corrected chi connectivity index (χ2v) is 7.77. The van der Waals surface area contributed by atoms with E-state index in [2.05, 4.69) is 11.2 Å². The van der Waals surface area contributed by atoms with E-state index in [1.165, 1.54) is 11.8 Å². The van der Waals surface area contributed by atoms with Crippen molar-refractivity contribution in [2.24, 2.45) is 0 Å². The molecule has 0 aromatic heterocycles. The van der Waals surface area contributed by atoms with Crippen molar-refractivity contribution in [2.75, 3.05) is 31.1 Å². The van der Waals surface area contributed by atoms with Gasteiger partial charge in [-0.1, -0.05) is 6.92 Å². The van der Waals surface area contributed by atoms with Crippen LogP contribution in [-0.4, -0.2) is 70.7 Å². The van der Waals surface area contributed by atoms with Crippen LogP contribution in [0.5, 0.6) is 0 Å². The maximum Gasteiger partial charge on any atom is 0.334 e. The van der Waals surface area contributed by atoms with Crippen LogP contribution in [0.4, 0.5) is 0 Å². The van der Waals surface area contributed by atoms with Crippen LogP contribution in [0, 0.1) is 12.3 Å². The number of carbonyl (C=O) groups excluding carboxylic acids is 5. The van der Waals surface area contributed by atoms with Crippen LogP contribution in [0.15, 0.2) is 0 Å². The first-order valence-electron chi connectivity index (χ1n) is 10.0. The van der Waals surface area contributed by atoms with Gasteiger partial charge in [0.2, 0.25) is 11.8 Å². The molecule has 1 aliphatic heterocycles. The number of thioether (sulfide) groups is 1. The van der Waals surface area contributed by atoms with Crippen LogP contribution < -0.4 is 5.32 Å². The second kappa shape index (κ2) is 14.4. The highest BCUT2D eigenvalue weighted by Crippen LogP contribution is 2.13. The molecule has 1 aliphatic rings. The molecule has 0 spiro atoms. The first-order chi connectivity index (χ1) is 14.4. The molecule has 0 saturated carbocycles. The van der Waals surface area contributed by atoms with Crippen LogP contribution in [0.2, 0.25) is 0 Å². The maximum absolute atomic E-state index is 12.1. The summed E-state index contributed by atoms with van der Waals surface area (Å²) in [6, 6.07) is 0. The third-order valence-electron chi connectivity index (χ3n) is 4.24. The average Bonchev–Trinajstić information content (AvgIpc) is 3.03. The number of unbranched alkanes of at least 4 members (excludes halogenated alkanes) is 1. The third kappa shape index (κ3) is 9.78. The molecule has 1 fully saturated rings. The third-order valence-corrected chi connectivity index (χ3v) is 5.20. The van der Waals surface area contributed by atoms with Crippen LogP contribution in [0.25, 0.3) is 0 Å². The number of imide groups is 1. The second-order valence-electron chi connectivity index (χ2n) is 6.55. The summed E-state index contributed by atoms with van der Waals surface area (Å²) in [5.41, 5.74) is 0. The summed E-state index contributed by atoms with van der Waals surface area (Å²) in [4.78, 5) is 64.8. The standard InChI is InChI=1S/C20H29N3O6S/c1-3-5-6-7-16(24)21-11-12-22(17(25)4-2)13-15-30-14-10-20(28)29-23-18(26)8-9-19(23)27/h1H,4-15H2,2H3,(H,21,24). The molecule has 30 heavy (non-hydrogen) atoms. The minimum Gasteiger partial charge on any atom is -0.354 e. The Kier molecular flexibility index (Phi) is 12.3. The first kappa shape index (κ1) is 25.5. The fourth-order valence-corrected chi connectivity index (χ4v) is 3.46. The first-order valence-corrected chi connectivity index (χ1v) is 11.2. The van der Waals surface area contributed by atoms with Crippen LogP contribution >= 0.6 is 11.8 Å². The summed E-state index contributed by atoms with van der Waals surface area (Å²) in [5.74, 6) is 1.79. The molecule has 1 heterocycles. The van der Waals surface area contributed by atoms with E-state index in [9.17, 15) is 24.0 Å². The zero-order valence-corrected chi connectivity index (χ0v) is 18.1. The van der Waals surface area contributed by atoms with Gasteiger partial charge in [-0.05, 0) is 6.42 Å². The number of hydrogen-bond acceptors (Lipinski definition) is 7. The summed E-state index contributed by atoms with van der Waals surface area (Å²) < 4.78 is 0. The highest BCUT2D eigenvalue weighted by atomic mass is 32.2. The van der Waals surface area contributed by atoms with Gasteiger partial charge in [0.05, 0.1) is 6.42 Å². The van der Waals surface area contributed by atoms with Crippen LogP contribution in [-0.2, 0) is 28.8 Å². The number of terminal acetylenes is 1. The molecule has 1 saturated heterocycles. The van der Waals surface area contributed by atoms with Gasteiger partial charge in [0, 0.05) is 63.2 Å². The molecule has 1 rings (SSSR count). The van der Waals surface area contributed by atoms with Gasteiger partial charge in [0.1, 0.15) is 0 Å². The van der Waals surface area contributed by atoms with Crippen molar-refractivity contribution in [1.82, 2.24) is 15.3 Å². The van der Waals surface area contributed by atoms with E-state index >= 15 is 0 Å². The number of carbonyl (C=O) groups is 5. The minimum atomic E-state index is -0.639. The van der Waals surface area contributed by atoms with Gasteiger partial charge in [-0.25, -0.2) is 4.79 Å². The van der Waals surface area contributed by atoms with Gasteiger partial charge in [0.25, 0.3) is 11.8 Å². The van der Waals surface area contributed by atoms with Crippen molar-refractivity contribution < 1.29 is 28.8 Å². The lowest BCUT2D eigenvalue weighted by molar-refractivity contribution is -0.197. The van der Waals surface area contributed by atoms with E-state index in [-0.39, 0.29) is 31.1 Å². The van der Waals surface area contributed by atoms with Crippen molar-refractivity contribution in [3.8, 4) is 12.3 Å². The summed E-state index contributed by atoms with van der Waals surface area (Å²) in [7, 11) is 0. The number of hydroxylamine groups is 2. The molecule has 0 bridgehead atoms. The number of nitrogens with one attached hydrogen (secondary N) is 1. The smallest absolute Gasteiger partial charge is 0.334 e. The van der Waals surface area contributed by atoms with Crippen molar-refractivity contribution >= 4 is 41.4 Å². The number of nitrogens with zero attached hydrogens (tertiary/aromatic N) is 2. The van der Waals surface area contributed by atoms with Crippen molar-refractivity contribution in [3.05, 3.63) is 0 Å². The van der Waals surface area contributed by atoms with Gasteiger partial charge in [-0.2, -0.15) is 11.8 Å². The predicted octanol–water partition coefficient (Wildman–Crippen LogP) is 0.875. The summed E-state index contributed by atoms with van der Waals surface area (Å²) in [6.45, 7) is 3.05. The molecule has 10 heteroatoms. The Morgan fingerprint density at radius 3 is 2.50 bits per heavy atom. The van der Waals surface area contributed by atoms with E-state index in [0.717, 1.165) is 0 Å².